The third-order valence-corrected chi connectivity index (χ3v) is 4.07. The summed E-state index contributed by atoms with van der Waals surface area (Å²) in [4.78, 5) is 14.6. The lowest BCUT2D eigenvalue weighted by atomic mass is 10.2. The van der Waals surface area contributed by atoms with Crippen molar-refractivity contribution in [1.82, 2.24) is 0 Å². The Hall–Kier alpha value is -1.48. The normalized spacial score (nSPS) is 11.0. The summed E-state index contributed by atoms with van der Waals surface area (Å²) in [6, 6.07) is 8.30. The molecule has 108 valence electrons. The van der Waals surface area contributed by atoms with Crippen LogP contribution in [0.4, 0.5) is 11.4 Å². The van der Waals surface area contributed by atoms with Crippen LogP contribution in [0.2, 0.25) is 0 Å². The van der Waals surface area contributed by atoms with Gasteiger partial charge < -0.3 is 5.11 Å². The lowest BCUT2D eigenvalue weighted by molar-refractivity contribution is -0.385. The standard InChI is InChI=1S/C14H10BrIN2O3/c1-8-4-10(16)2-3-13(8)17-7-9-5-11(18(20)21)6-12(15)14(9)19/h2-7,19H,1H3. The second kappa shape index (κ2) is 6.52. The van der Waals surface area contributed by atoms with Crippen LogP contribution in [0.5, 0.6) is 5.75 Å². The van der Waals surface area contributed by atoms with Crippen LogP contribution in [0.3, 0.4) is 0 Å². The number of hydrogen-bond acceptors (Lipinski definition) is 4. The van der Waals surface area contributed by atoms with Gasteiger partial charge in [-0.15, -0.1) is 0 Å². The number of nitro groups is 1. The number of benzene rings is 2. The van der Waals surface area contributed by atoms with Crippen LogP contribution in [0.15, 0.2) is 39.8 Å². The van der Waals surface area contributed by atoms with Crippen molar-refractivity contribution < 1.29 is 10.0 Å². The number of aromatic hydroxyl groups is 1. The van der Waals surface area contributed by atoms with Crippen LogP contribution < -0.4 is 0 Å². The van der Waals surface area contributed by atoms with Gasteiger partial charge >= 0.3 is 0 Å². The predicted octanol–water partition coefficient (Wildman–Crippen LogP) is 4.73. The molecule has 0 aromatic heterocycles. The van der Waals surface area contributed by atoms with E-state index in [1.807, 2.05) is 25.1 Å². The molecular weight excluding hydrogens is 451 g/mol. The fourth-order valence-corrected chi connectivity index (χ4v) is 2.82. The van der Waals surface area contributed by atoms with Crippen molar-refractivity contribution >= 4 is 56.1 Å². The van der Waals surface area contributed by atoms with Crippen LogP contribution in [0.25, 0.3) is 0 Å². The van der Waals surface area contributed by atoms with E-state index in [1.54, 1.807) is 0 Å². The van der Waals surface area contributed by atoms with E-state index in [4.69, 9.17) is 0 Å². The predicted molar refractivity (Wildman–Crippen MR) is 93.6 cm³/mol. The van der Waals surface area contributed by atoms with Gasteiger partial charge in [0, 0.05) is 27.5 Å². The van der Waals surface area contributed by atoms with Crippen molar-refractivity contribution in [3.8, 4) is 5.75 Å². The summed E-state index contributed by atoms with van der Waals surface area (Å²) in [6.07, 6.45) is 1.42. The van der Waals surface area contributed by atoms with Crippen molar-refractivity contribution in [2.75, 3.05) is 0 Å². The van der Waals surface area contributed by atoms with Crippen LogP contribution in [0.1, 0.15) is 11.1 Å². The van der Waals surface area contributed by atoms with Gasteiger partial charge in [0.15, 0.2) is 0 Å². The number of halogens is 2. The molecule has 0 unspecified atom stereocenters. The number of nitrogens with zero attached hydrogens (tertiary/aromatic N) is 2. The van der Waals surface area contributed by atoms with Gasteiger partial charge in [-0.25, -0.2) is 0 Å². The van der Waals surface area contributed by atoms with Crippen molar-refractivity contribution in [3.63, 3.8) is 0 Å². The maximum Gasteiger partial charge on any atom is 0.271 e. The highest BCUT2D eigenvalue weighted by Gasteiger charge is 2.13. The van der Waals surface area contributed by atoms with Gasteiger partial charge in [0.2, 0.25) is 0 Å². The number of phenols is 1. The molecule has 0 saturated heterocycles. The average molecular weight is 461 g/mol. The molecular formula is C14H10BrIN2O3. The van der Waals surface area contributed by atoms with Gasteiger partial charge in [0.25, 0.3) is 5.69 Å². The summed E-state index contributed by atoms with van der Waals surface area (Å²) in [5.41, 5.74) is 1.91. The van der Waals surface area contributed by atoms with E-state index < -0.39 is 4.92 Å². The Morgan fingerprint density at radius 3 is 2.71 bits per heavy atom. The molecule has 0 saturated carbocycles. The van der Waals surface area contributed by atoms with Crippen LogP contribution >= 0.6 is 38.5 Å². The molecule has 2 aromatic carbocycles. The molecule has 0 heterocycles. The summed E-state index contributed by atoms with van der Waals surface area (Å²) >= 11 is 5.31. The number of hydrogen-bond donors (Lipinski definition) is 1. The monoisotopic (exact) mass is 460 g/mol. The first-order valence-electron chi connectivity index (χ1n) is 5.85. The first kappa shape index (κ1) is 15.9. The molecule has 2 rings (SSSR count). The quantitative estimate of drug-likeness (QED) is 0.311. The highest BCUT2D eigenvalue weighted by atomic mass is 127. The molecule has 0 spiro atoms. The molecule has 1 N–H and O–H groups in total. The third-order valence-electron chi connectivity index (χ3n) is 2.79. The van der Waals surface area contributed by atoms with E-state index in [2.05, 4.69) is 43.5 Å². The van der Waals surface area contributed by atoms with Gasteiger partial charge in [0.05, 0.1) is 15.1 Å². The van der Waals surface area contributed by atoms with Gasteiger partial charge in [-0.3, -0.25) is 15.1 Å². The van der Waals surface area contributed by atoms with Gasteiger partial charge in [-0.2, -0.15) is 0 Å². The second-order valence-corrected chi connectivity index (χ2v) is 6.41. The Morgan fingerprint density at radius 2 is 2.10 bits per heavy atom. The Balaban J connectivity index is 2.43. The molecule has 0 atom stereocenters. The minimum atomic E-state index is -0.516. The van der Waals surface area contributed by atoms with Crippen LogP contribution in [0, 0.1) is 20.6 Å². The van der Waals surface area contributed by atoms with E-state index >= 15 is 0 Å². The highest BCUT2D eigenvalue weighted by molar-refractivity contribution is 14.1. The van der Waals surface area contributed by atoms with Gasteiger partial charge in [0.1, 0.15) is 5.75 Å². The lowest BCUT2D eigenvalue weighted by Crippen LogP contribution is -1.92. The fraction of sp³-hybridized carbons (Fsp3) is 0.0714. The number of phenolic OH excluding ortho intramolecular Hbond substituents is 1. The largest absolute Gasteiger partial charge is 0.506 e. The Bertz CT molecular complexity index is 747. The average Bonchev–Trinajstić information content (AvgIpc) is 2.41. The molecule has 0 radical (unpaired) electrons. The molecule has 0 aliphatic carbocycles. The molecule has 21 heavy (non-hydrogen) atoms. The van der Waals surface area contributed by atoms with Crippen molar-refractivity contribution in [2.45, 2.75) is 6.92 Å². The zero-order valence-corrected chi connectivity index (χ0v) is 14.6. The molecule has 5 nitrogen and oxygen atoms in total. The van der Waals surface area contributed by atoms with Crippen molar-refractivity contribution in [2.24, 2.45) is 4.99 Å². The molecule has 0 aliphatic rings. The van der Waals surface area contributed by atoms with Gasteiger partial charge in [-0.05, 0) is 69.2 Å². The minimum absolute atomic E-state index is 0.0764. The van der Waals surface area contributed by atoms with Gasteiger partial charge in [-0.1, -0.05) is 0 Å². The third kappa shape index (κ3) is 3.79. The lowest BCUT2D eigenvalue weighted by Gasteiger charge is -2.03. The molecule has 2 aromatic rings. The second-order valence-electron chi connectivity index (χ2n) is 4.31. The number of nitro benzene ring substituents is 1. The molecule has 0 amide bonds. The highest BCUT2D eigenvalue weighted by Crippen LogP contribution is 2.32. The minimum Gasteiger partial charge on any atom is -0.506 e. The zero-order chi connectivity index (χ0) is 15.6. The van der Waals surface area contributed by atoms with E-state index in [0.29, 0.717) is 0 Å². The number of rotatable bonds is 3. The first-order valence-corrected chi connectivity index (χ1v) is 7.73. The summed E-state index contributed by atoms with van der Waals surface area (Å²) in [7, 11) is 0. The molecule has 0 bridgehead atoms. The molecule has 0 aliphatic heterocycles. The van der Waals surface area contributed by atoms with E-state index in [0.717, 1.165) is 14.8 Å². The van der Waals surface area contributed by atoms with Crippen molar-refractivity contribution in [1.29, 1.82) is 0 Å². The smallest absolute Gasteiger partial charge is 0.271 e. The van der Waals surface area contributed by atoms with E-state index in [-0.39, 0.29) is 21.5 Å². The first-order chi connectivity index (χ1) is 9.88. The Kier molecular flexibility index (Phi) is 4.94. The number of aliphatic imine (C=N–C) groups is 1. The SMILES string of the molecule is Cc1cc(I)ccc1N=Cc1cc([N+](=O)[O-])cc(Br)c1O. The summed E-state index contributed by atoms with van der Waals surface area (Å²) in [5, 5.41) is 20.8. The maximum atomic E-state index is 10.8. The Morgan fingerprint density at radius 1 is 1.38 bits per heavy atom. The van der Waals surface area contributed by atoms with E-state index in [9.17, 15) is 15.2 Å². The number of non-ortho nitro benzene ring substituents is 1. The van der Waals surface area contributed by atoms with Crippen LogP contribution in [-0.4, -0.2) is 16.2 Å². The van der Waals surface area contributed by atoms with Crippen LogP contribution in [-0.2, 0) is 0 Å². The summed E-state index contributed by atoms with van der Waals surface area (Å²) < 4.78 is 1.36. The summed E-state index contributed by atoms with van der Waals surface area (Å²) in [5.74, 6) is -0.0764. The Labute approximate surface area is 143 Å². The maximum absolute atomic E-state index is 10.8. The zero-order valence-electron chi connectivity index (χ0n) is 10.9. The molecule has 0 fully saturated rings. The van der Waals surface area contributed by atoms with E-state index in [1.165, 1.54) is 18.3 Å². The van der Waals surface area contributed by atoms with Crippen molar-refractivity contribution in [3.05, 3.63) is 59.6 Å². The molecule has 7 heteroatoms. The number of aryl methyl sites for hydroxylation is 1. The summed E-state index contributed by atoms with van der Waals surface area (Å²) in [6.45, 7) is 1.93. The topological polar surface area (TPSA) is 75.7 Å². The fourth-order valence-electron chi connectivity index (χ4n) is 1.71.